The van der Waals surface area contributed by atoms with E-state index in [1.54, 1.807) is 12.4 Å². The number of hydrogen-bond acceptors (Lipinski definition) is 3. The number of unbranched alkanes of at least 4 members (excludes halogenated alkanes) is 1. The lowest BCUT2D eigenvalue weighted by Crippen LogP contribution is -2.36. The normalized spacial score (nSPS) is 15.9. The molecule has 1 aromatic rings. The lowest BCUT2D eigenvalue weighted by Gasteiger charge is -2.26. The van der Waals surface area contributed by atoms with E-state index in [4.69, 9.17) is 0 Å². The Hall–Kier alpha value is -1.71. The fourth-order valence-corrected chi connectivity index (χ4v) is 2.19. The Balaban J connectivity index is 2.06. The zero-order valence-corrected chi connectivity index (χ0v) is 11.5. The second-order valence-corrected chi connectivity index (χ2v) is 4.87. The highest BCUT2D eigenvalue weighted by Crippen LogP contribution is 2.12. The third-order valence-corrected chi connectivity index (χ3v) is 3.26. The van der Waals surface area contributed by atoms with Gasteiger partial charge in [0.15, 0.2) is 0 Å². The third kappa shape index (κ3) is 3.88. The molecule has 1 saturated heterocycles. The fourth-order valence-electron chi connectivity index (χ4n) is 2.19. The molecule has 0 spiro atoms. The van der Waals surface area contributed by atoms with Gasteiger partial charge in [-0.15, -0.1) is 0 Å². The summed E-state index contributed by atoms with van der Waals surface area (Å²) in [5.74, 6) is 0.0120. The molecule has 0 saturated carbocycles. The molecule has 1 aliphatic rings. The molecule has 19 heavy (non-hydrogen) atoms. The van der Waals surface area contributed by atoms with Gasteiger partial charge >= 0.3 is 0 Å². The Morgan fingerprint density at radius 1 is 1.32 bits per heavy atom. The summed E-state index contributed by atoms with van der Waals surface area (Å²) < 4.78 is 0. The Morgan fingerprint density at radius 2 is 2.11 bits per heavy atom. The maximum atomic E-state index is 12.3. The van der Waals surface area contributed by atoms with Crippen LogP contribution in [0.3, 0.4) is 0 Å². The minimum Gasteiger partial charge on any atom is -0.337 e. The quantitative estimate of drug-likeness (QED) is 0.835. The van der Waals surface area contributed by atoms with Crippen LogP contribution in [-0.2, 0) is 0 Å². The summed E-state index contributed by atoms with van der Waals surface area (Å²) in [5, 5.41) is 0. The van der Waals surface area contributed by atoms with E-state index in [-0.39, 0.29) is 5.91 Å². The summed E-state index contributed by atoms with van der Waals surface area (Å²) in [4.78, 5) is 22.7. The van der Waals surface area contributed by atoms with Crippen LogP contribution in [0.2, 0.25) is 0 Å². The summed E-state index contributed by atoms with van der Waals surface area (Å²) in [5.41, 5.74) is 1.22. The fraction of sp³-hybridized carbons (Fsp3) is 0.533. The van der Waals surface area contributed by atoms with Crippen molar-refractivity contribution >= 4 is 12.0 Å². The number of allylic oxidation sites excluding steroid dienone is 1. The van der Waals surface area contributed by atoms with Crippen LogP contribution in [-0.4, -0.2) is 33.9 Å². The molecular weight excluding hydrogens is 238 g/mol. The van der Waals surface area contributed by atoms with E-state index in [9.17, 15) is 4.79 Å². The first-order valence-corrected chi connectivity index (χ1v) is 7.09. The second-order valence-electron chi connectivity index (χ2n) is 4.87. The summed E-state index contributed by atoms with van der Waals surface area (Å²) in [6, 6.07) is 0. The van der Waals surface area contributed by atoms with Crippen LogP contribution < -0.4 is 0 Å². The van der Waals surface area contributed by atoms with Gasteiger partial charge in [0.25, 0.3) is 5.91 Å². The van der Waals surface area contributed by atoms with Gasteiger partial charge in [0.1, 0.15) is 5.69 Å². The van der Waals surface area contributed by atoms with E-state index in [1.807, 2.05) is 11.0 Å². The van der Waals surface area contributed by atoms with Gasteiger partial charge in [-0.3, -0.25) is 9.78 Å². The molecule has 1 aliphatic heterocycles. The number of aromatic nitrogens is 2. The minimum atomic E-state index is 0.0120. The topological polar surface area (TPSA) is 46.1 Å². The molecule has 2 heterocycles. The molecule has 1 aromatic heterocycles. The van der Waals surface area contributed by atoms with Crippen LogP contribution in [0, 0.1) is 0 Å². The highest BCUT2D eigenvalue weighted by atomic mass is 16.2. The molecule has 4 heteroatoms. The number of rotatable bonds is 4. The second kappa shape index (κ2) is 7.02. The first-order chi connectivity index (χ1) is 9.31. The highest BCUT2D eigenvalue weighted by Gasteiger charge is 2.19. The SMILES string of the molecule is CCCC=Cc1cncc(C(=O)N2CCCCC2)n1. The van der Waals surface area contributed by atoms with Crippen molar-refractivity contribution in [2.75, 3.05) is 13.1 Å². The molecule has 2 rings (SSSR count). The van der Waals surface area contributed by atoms with Crippen molar-refractivity contribution in [3.05, 3.63) is 29.9 Å². The summed E-state index contributed by atoms with van der Waals surface area (Å²) in [6.07, 6.45) is 12.8. The van der Waals surface area contributed by atoms with Gasteiger partial charge < -0.3 is 4.90 Å². The van der Waals surface area contributed by atoms with Crippen molar-refractivity contribution in [3.63, 3.8) is 0 Å². The number of amides is 1. The maximum Gasteiger partial charge on any atom is 0.274 e. The molecule has 1 amide bonds. The standard InChI is InChI=1S/C15H21N3O/c1-2-3-5-8-13-11-16-12-14(17-13)15(19)18-9-6-4-7-10-18/h5,8,11-12H,2-4,6-7,9-10H2,1H3. The van der Waals surface area contributed by atoms with Crippen LogP contribution >= 0.6 is 0 Å². The number of carbonyl (C=O) groups excluding carboxylic acids is 1. The Kier molecular flexibility index (Phi) is 5.07. The molecular formula is C15H21N3O. The van der Waals surface area contributed by atoms with E-state index < -0.39 is 0 Å². The van der Waals surface area contributed by atoms with Gasteiger partial charge in [0.2, 0.25) is 0 Å². The zero-order chi connectivity index (χ0) is 13.5. The first kappa shape index (κ1) is 13.7. The molecule has 0 aromatic carbocycles. The Labute approximate surface area is 114 Å². The first-order valence-electron chi connectivity index (χ1n) is 7.09. The van der Waals surface area contributed by atoms with Crippen molar-refractivity contribution in [2.45, 2.75) is 39.0 Å². The van der Waals surface area contributed by atoms with Crippen LogP contribution in [0.1, 0.15) is 55.2 Å². The van der Waals surface area contributed by atoms with Crippen LogP contribution in [0.15, 0.2) is 18.5 Å². The smallest absolute Gasteiger partial charge is 0.274 e. The van der Waals surface area contributed by atoms with Gasteiger partial charge in [-0.1, -0.05) is 19.4 Å². The largest absolute Gasteiger partial charge is 0.337 e. The van der Waals surface area contributed by atoms with Crippen molar-refractivity contribution in [1.29, 1.82) is 0 Å². The molecule has 0 bridgehead atoms. The molecule has 1 fully saturated rings. The number of carbonyl (C=O) groups is 1. The number of likely N-dealkylation sites (tertiary alicyclic amines) is 1. The van der Waals surface area contributed by atoms with Crippen LogP contribution in [0.4, 0.5) is 0 Å². The molecule has 0 atom stereocenters. The number of nitrogens with zero attached hydrogens (tertiary/aromatic N) is 3. The number of piperidine rings is 1. The van der Waals surface area contributed by atoms with Gasteiger partial charge in [0, 0.05) is 13.1 Å². The monoisotopic (exact) mass is 259 g/mol. The third-order valence-electron chi connectivity index (χ3n) is 3.26. The molecule has 102 valence electrons. The van der Waals surface area contributed by atoms with Gasteiger partial charge in [-0.05, 0) is 31.8 Å². The molecule has 0 radical (unpaired) electrons. The van der Waals surface area contributed by atoms with E-state index >= 15 is 0 Å². The van der Waals surface area contributed by atoms with Crippen molar-refractivity contribution in [2.24, 2.45) is 0 Å². The predicted octanol–water partition coefficient (Wildman–Crippen LogP) is 2.92. The van der Waals surface area contributed by atoms with E-state index in [2.05, 4.69) is 23.0 Å². The molecule has 0 unspecified atom stereocenters. The highest BCUT2D eigenvalue weighted by molar-refractivity contribution is 5.92. The number of hydrogen-bond donors (Lipinski definition) is 0. The summed E-state index contributed by atoms with van der Waals surface area (Å²) >= 11 is 0. The average Bonchev–Trinajstić information content (AvgIpc) is 2.48. The Bertz CT molecular complexity index is 450. The molecule has 4 nitrogen and oxygen atoms in total. The maximum absolute atomic E-state index is 12.3. The van der Waals surface area contributed by atoms with Gasteiger partial charge in [-0.2, -0.15) is 0 Å². The van der Waals surface area contributed by atoms with E-state index in [0.717, 1.165) is 44.5 Å². The molecule has 0 aliphatic carbocycles. The van der Waals surface area contributed by atoms with Crippen molar-refractivity contribution < 1.29 is 4.79 Å². The van der Waals surface area contributed by atoms with E-state index in [0.29, 0.717) is 5.69 Å². The lowest BCUT2D eigenvalue weighted by molar-refractivity contribution is 0.0718. The van der Waals surface area contributed by atoms with Crippen LogP contribution in [0.5, 0.6) is 0 Å². The Morgan fingerprint density at radius 3 is 2.84 bits per heavy atom. The lowest BCUT2D eigenvalue weighted by atomic mass is 10.1. The van der Waals surface area contributed by atoms with Crippen molar-refractivity contribution in [1.82, 2.24) is 14.9 Å². The van der Waals surface area contributed by atoms with Gasteiger partial charge in [-0.25, -0.2) is 4.98 Å². The van der Waals surface area contributed by atoms with Crippen molar-refractivity contribution in [3.8, 4) is 0 Å². The average molecular weight is 259 g/mol. The zero-order valence-electron chi connectivity index (χ0n) is 11.5. The van der Waals surface area contributed by atoms with E-state index in [1.165, 1.54) is 6.42 Å². The predicted molar refractivity (Wildman–Crippen MR) is 75.7 cm³/mol. The van der Waals surface area contributed by atoms with Crippen LogP contribution in [0.25, 0.3) is 6.08 Å². The van der Waals surface area contributed by atoms with Gasteiger partial charge in [0.05, 0.1) is 18.1 Å². The minimum absolute atomic E-state index is 0.0120. The summed E-state index contributed by atoms with van der Waals surface area (Å²) in [7, 11) is 0. The molecule has 0 N–H and O–H groups in total. The summed E-state index contributed by atoms with van der Waals surface area (Å²) in [6.45, 7) is 3.82.